The average molecular weight is 247 g/mol. The van der Waals surface area contributed by atoms with Gasteiger partial charge in [0.25, 0.3) is 0 Å². The van der Waals surface area contributed by atoms with Crippen molar-refractivity contribution >= 4 is 5.91 Å². The molecular formula is C14H21N3O. The summed E-state index contributed by atoms with van der Waals surface area (Å²) in [6.45, 7) is 5.72. The molecule has 1 atom stereocenters. The fourth-order valence-electron chi connectivity index (χ4n) is 2.40. The molecule has 2 rings (SSSR count). The highest BCUT2D eigenvalue weighted by molar-refractivity contribution is 5.80. The Morgan fingerprint density at radius 1 is 1.44 bits per heavy atom. The summed E-state index contributed by atoms with van der Waals surface area (Å²) < 4.78 is 0. The van der Waals surface area contributed by atoms with Gasteiger partial charge in [0.1, 0.15) is 0 Å². The molecule has 0 radical (unpaired) electrons. The van der Waals surface area contributed by atoms with Crippen molar-refractivity contribution in [3.8, 4) is 0 Å². The van der Waals surface area contributed by atoms with E-state index in [0.717, 1.165) is 25.8 Å². The fraction of sp³-hybridized carbons (Fsp3) is 0.571. The Bertz CT molecular complexity index is 419. The topological polar surface area (TPSA) is 45.2 Å². The van der Waals surface area contributed by atoms with E-state index >= 15 is 0 Å². The molecule has 1 unspecified atom stereocenters. The number of carbonyl (C=O) groups is 1. The Morgan fingerprint density at radius 2 is 2.28 bits per heavy atom. The average Bonchev–Trinajstić information content (AvgIpc) is 2.77. The highest BCUT2D eigenvalue weighted by Crippen LogP contribution is 2.19. The maximum Gasteiger partial charge on any atom is 0.239 e. The van der Waals surface area contributed by atoms with Crippen LogP contribution >= 0.6 is 0 Å². The van der Waals surface area contributed by atoms with Gasteiger partial charge >= 0.3 is 0 Å². The molecule has 4 heteroatoms. The van der Waals surface area contributed by atoms with Crippen molar-refractivity contribution in [1.82, 2.24) is 15.4 Å². The molecule has 1 amide bonds. The number of nitrogens with one attached hydrogen (secondary N) is 1. The lowest BCUT2D eigenvalue weighted by atomic mass is 10.1. The van der Waals surface area contributed by atoms with Crippen molar-refractivity contribution in [2.24, 2.45) is 5.92 Å². The van der Waals surface area contributed by atoms with Crippen molar-refractivity contribution in [2.45, 2.75) is 39.7 Å². The molecule has 0 saturated carbocycles. The molecule has 2 heterocycles. The van der Waals surface area contributed by atoms with Gasteiger partial charge < -0.3 is 0 Å². The first-order chi connectivity index (χ1) is 8.76. The Morgan fingerprint density at radius 3 is 2.94 bits per heavy atom. The van der Waals surface area contributed by atoms with E-state index in [2.05, 4.69) is 24.3 Å². The van der Waals surface area contributed by atoms with Gasteiger partial charge in [-0.15, -0.1) is 0 Å². The molecule has 1 aromatic heterocycles. The van der Waals surface area contributed by atoms with E-state index in [-0.39, 0.29) is 11.8 Å². The monoisotopic (exact) mass is 247 g/mol. The number of hydrogen-bond acceptors (Lipinski definition) is 3. The second kappa shape index (κ2) is 5.96. The molecule has 1 N–H and O–H groups in total. The number of amides is 1. The molecule has 1 fully saturated rings. The fourth-order valence-corrected chi connectivity index (χ4v) is 2.40. The minimum atomic E-state index is 0.209. The standard InChI is InChI=1S/C14H21N3O/c1-3-11-6-8-17(14(11)18)16-10-13-5-7-15-9-12(13)4-2/h5,7,9,11,16H,3-4,6,8,10H2,1-2H3. The third-order valence-corrected chi connectivity index (χ3v) is 3.66. The molecule has 0 spiro atoms. The van der Waals surface area contributed by atoms with Gasteiger partial charge in [0, 0.05) is 31.4 Å². The first-order valence-electron chi connectivity index (χ1n) is 6.72. The molecule has 18 heavy (non-hydrogen) atoms. The van der Waals surface area contributed by atoms with E-state index in [1.54, 1.807) is 11.2 Å². The number of pyridine rings is 1. The number of rotatable bonds is 5. The van der Waals surface area contributed by atoms with Crippen molar-refractivity contribution in [3.63, 3.8) is 0 Å². The Hall–Kier alpha value is -1.42. The smallest absolute Gasteiger partial charge is 0.239 e. The number of carbonyl (C=O) groups excluding carboxylic acids is 1. The van der Waals surface area contributed by atoms with Gasteiger partial charge in [0.05, 0.1) is 0 Å². The van der Waals surface area contributed by atoms with E-state index in [4.69, 9.17) is 0 Å². The van der Waals surface area contributed by atoms with E-state index in [0.29, 0.717) is 6.54 Å². The summed E-state index contributed by atoms with van der Waals surface area (Å²) in [7, 11) is 0. The van der Waals surface area contributed by atoms with Crippen molar-refractivity contribution < 1.29 is 4.79 Å². The summed E-state index contributed by atoms with van der Waals surface area (Å²) >= 11 is 0. The minimum Gasteiger partial charge on any atom is -0.277 e. The van der Waals surface area contributed by atoms with Crippen LogP contribution in [0.25, 0.3) is 0 Å². The van der Waals surface area contributed by atoms with E-state index in [1.165, 1.54) is 11.1 Å². The first kappa shape index (κ1) is 13.0. The van der Waals surface area contributed by atoms with Crippen LogP contribution in [0.3, 0.4) is 0 Å². The number of nitrogens with zero attached hydrogens (tertiary/aromatic N) is 2. The normalized spacial score (nSPS) is 19.6. The zero-order valence-electron chi connectivity index (χ0n) is 11.1. The molecule has 1 aliphatic heterocycles. The van der Waals surface area contributed by atoms with Crippen LogP contribution in [0.1, 0.15) is 37.8 Å². The summed E-state index contributed by atoms with van der Waals surface area (Å²) in [4.78, 5) is 16.1. The SMILES string of the molecule is CCc1cnccc1CNN1CCC(CC)C1=O. The summed E-state index contributed by atoms with van der Waals surface area (Å²) in [6.07, 6.45) is 6.58. The number of hydrogen-bond donors (Lipinski definition) is 1. The number of aryl methyl sites for hydroxylation is 1. The summed E-state index contributed by atoms with van der Waals surface area (Å²) in [5.41, 5.74) is 5.70. The highest BCUT2D eigenvalue weighted by atomic mass is 16.2. The highest BCUT2D eigenvalue weighted by Gasteiger charge is 2.29. The van der Waals surface area contributed by atoms with Gasteiger partial charge in [-0.25, -0.2) is 5.43 Å². The lowest BCUT2D eigenvalue weighted by molar-refractivity contribution is -0.133. The van der Waals surface area contributed by atoms with E-state index in [9.17, 15) is 4.79 Å². The summed E-state index contributed by atoms with van der Waals surface area (Å²) in [5.74, 6) is 0.449. The Kier molecular flexibility index (Phi) is 4.31. The lowest BCUT2D eigenvalue weighted by Crippen LogP contribution is -2.39. The second-order valence-corrected chi connectivity index (χ2v) is 4.72. The van der Waals surface area contributed by atoms with Crippen LogP contribution in [0.5, 0.6) is 0 Å². The van der Waals surface area contributed by atoms with Crippen LogP contribution in [0.15, 0.2) is 18.5 Å². The zero-order valence-corrected chi connectivity index (χ0v) is 11.1. The van der Waals surface area contributed by atoms with Gasteiger partial charge in [-0.1, -0.05) is 13.8 Å². The van der Waals surface area contributed by atoms with Gasteiger partial charge in [-0.05, 0) is 36.5 Å². The predicted octanol–water partition coefficient (Wildman–Crippen LogP) is 1.91. The van der Waals surface area contributed by atoms with Crippen LogP contribution < -0.4 is 5.43 Å². The maximum absolute atomic E-state index is 12.0. The van der Waals surface area contributed by atoms with Gasteiger partial charge in [-0.2, -0.15) is 0 Å². The quantitative estimate of drug-likeness (QED) is 0.864. The van der Waals surface area contributed by atoms with Crippen LogP contribution in [-0.4, -0.2) is 22.4 Å². The molecule has 0 aromatic carbocycles. The third-order valence-electron chi connectivity index (χ3n) is 3.66. The largest absolute Gasteiger partial charge is 0.277 e. The molecule has 0 aliphatic carbocycles. The molecule has 1 saturated heterocycles. The van der Waals surface area contributed by atoms with Crippen LogP contribution in [0.4, 0.5) is 0 Å². The molecular weight excluding hydrogens is 226 g/mol. The van der Waals surface area contributed by atoms with Crippen molar-refractivity contribution in [2.75, 3.05) is 6.54 Å². The molecule has 4 nitrogen and oxygen atoms in total. The molecule has 1 aromatic rings. The second-order valence-electron chi connectivity index (χ2n) is 4.72. The number of aromatic nitrogens is 1. The Balaban J connectivity index is 1.94. The van der Waals surface area contributed by atoms with Crippen molar-refractivity contribution in [1.29, 1.82) is 0 Å². The van der Waals surface area contributed by atoms with Gasteiger partial charge in [0.2, 0.25) is 5.91 Å². The number of hydrazine groups is 1. The van der Waals surface area contributed by atoms with E-state index < -0.39 is 0 Å². The molecule has 1 aliphatic rings. The summed E-state index contributed by atoms with van der Waals surface area (Å²) in [5, 5.41) is 1.77. The first-order valence-corrected chi connectivity index (χ1v) is 6.72. The summed E-state index contributed by atoms with van der Waals surface area (Å²) in [6, 6.07) is 2.02. The van der Waals surface area contributed by atoms with Crippen LogP contribution in [0, 0.1) is 5.92 Å². The van der Waals surface area contributed by atoms with Gasteiger partial charge in [0.15, 0.2) is 0 Å². The van der Waals surface area contributed by atoms with Crippen LogP contribution in [0.2, 0.25) is 0 Å². The third kappa shape index (κ3) is 2.70. The lowest BCUT2D eigenvalue weighted by Gasteiger charge is -2.18. The minimum absolute atomic E-state index is 0.209. The zero-order chi connectivity index (χ0) is 13.0. The maximum atomic E-state index is 12.0. The molecule has 98 valence electrons. The molecule has 0 bridgehead atoms. The van der Waals surface area contributed by atoms with Gasteiger partial charge in [-0.3, -0.25) is 14.8 Å². The van der Waals surface area contributed by atoms with Crippen molar-refractivity contribution in [3.05, 3.63) is 29.6 Å². The predicted molar refractivity (Wildman–Crippen MR) is 70.6 cm³/mol. The Labute approximate surface area is 108 Å². The van der Waals surface area contributed by atoms with Crippen LogP contribution in [-0.2, 0) is 17.8 Å². The van der Waals surface area contributed by atoms with E-state index in [1.807, 2.05) is 12.3 Å².